The van der Waals surface area contributed by atoms with Crippen molar-refractivity contribution in [3.8, 4) is 0 Å². The lowest BCUT2D eigenvalue weighted by Gasteiger charge is -2.28. The summed E-state index contributed by atoms with van der Waals surface area (Å²) in [7, 11) is 0. The number of carboxylic acids is 1. The number of aliphatic carboxylic acids is 1. The number of hydrogen-bond donors (Lipinski definition) is 4. The highest BCUT2D eigenvalue weighted by Gasteiger charge is 2.42. The van der Waals surface area contributed by atoms with Gasteiger partial charge in [0, 0.05) is 17.4 Å². The molecular formula is C17H27N3O4S. The molecule has 0 unspecified atom stereocenters. The van der Waals surface area contributed by atoms with Crippen LogP contribution < -0.4 is 16.0 Å². The van der Waals surface area contributed by atoms with Gasteiger partial charge in [-0.15, -0.1) is 0 Å². The first-order valence-electron chi connectivity index (χ1n) is 9.19. The van der Waals surface area contributed by atoms with Gasteiger partial charge in [-0.3, -0.25) is 9.59 Å². The summed E-state index contributed by atoms with van der Waals surface area (Å²) in [6.07, 6.45) is 6.68. The molecule has 3 fully saturated rings. The van der Waals surface area contributed by atoms with Crippen LogP contribution in [-0.4, -0.2) is 51.6 Å². The summed E-state index contributed by atoms with van der Waals surface area (Å²) in [6.45, 7) is 0. The highest BCUT2D eigenvalue weighted by molar-refractivity contribution is 8.00. The second kappa shape index (κ2) is 7.85. The lowest BCUT2D eigenvalue weighted by atomic mass is 9.93. The second-order valence-electron chi connectivity index (χ2n) is 7.47. The van der Waals surface area contributed by atoms with E-state index >= 15 is 0 Å². The van der Waals surface area contributed by atoms with Crippen molar-refractivity contribution in [1.82, 2.24) is 16.0 Å². The molecular weight excluding hydrogens is 342 g/mol. The molecule has 0 radical (unpaired) electrons. The molecule has 7 nitrogen and oxygen atoms in total. The third-order valence-corrected chi connectivity index (χ3v) is 7.04. The van der Waals surface area contributed by atoms with Gasteiger partial charge in [-0.05, 0) is 25.7 Å². The van der Waals surface area contributed by atoms with Crippen LogP contribution in [0.15, 0.2) is 0 Å². The number of carbonyl (C=O) groups is 3. The van der Waals surface area contributed by atoms with Crippen LogP contribution in [0.5, 0.6) is 0 Å². The number of fused-ring (bicyclic) bond motifs is 1. The predicted molar refractivity (Wildman–Crippen MR) is 95.6 cm³/mol. The van der Waals surface area contributed by atoms with Gasteiger partial charge in [0.2, 0.25) is 5.91 Å². The molecule has 25 heavy (non-hydrogen) atoms. The maximum Gasteiger partial charge on any atom is 0.315 e. The largest absolute Gasteiger partial charge is 0.481 e. The molecule has 1 saturated carbocycles. The molecule has 1 aliphatic carbocycles. The third kappa shape index (κ3) is 4.59. The first kappa shape index (κ1) is 18.4. The highest BCUT2D eigenvalue weighted by Crippen LogP contribution is 2.34. The van der Waals surface area contributed by atoms with Crippen LogP contribution in [0.4, 0.5) is 4.79 Å². The molecule has 3 aliphatic rings. The van der Waals surface area contributed by atoms with E-state index < -0.39 is 11.5 Å². The topological polar surface area (TPSA) is 108 Å². The van der Waals surface area contributed by atoms with Crippen molar-refractivity contribution in [1.29, 1.82) is 0 Å². The smallest absolute Gasteiger partial charge is 0.315 e. The molecule has 8 heteroatoms. The Labute approximate surface area is 152 Å². The first-order valence-corrected chi connectivity index (χ1v) is 10.2. The van der Waals surface area contributed by atoms with Gasteiger partial charge in [0.15, 0.2) is 0 Å². The molecule has 3 atom stereocenters. The average molecular weight is 369 g/mol. The van der Waals surface area contributed by atoms with E-state index in [-0.39, 0.29) is 30.4 Å². The van der Waals surface area contributed by atoms with Crippen LogP contribution >= 0.6 is 11.8 Å². The van der Waals surface area contributed by atoms with Gasteiger partial charge >= 0.3 is 12.0 Å². The van der Waals surface area contributed by atoms with Crippen molar-refractivity contribution in [3.63, 3.8) is 0 Å². The Balaban J connectivity index is 1.36. The molecule has 0 aromatic rings. The van der Waals surface area contributed by atoms with Crippen LogP contribution in [0.3, 0.4) is 0 Å². The molecule has 2 heterocycles. The van der Waals surface area contributed by atoms with Crippen molar-refractivity contribution in [2.75, 3.05) is 5.75 Å². The Bertz CT molecular complexity index is 536. The van der Waals surface area contributed by atoms with Crippen LogP contribution in [0.25, 0.3) is 0 Å². The van der Waals surface area contributed by atoms with E-state index in [1.54, 1.807) is 0 Å². The standard InChI is InChI=1S/C17H27N3O4S/c21-13(20-17(9-14(22)23)7-3-4-8-17)6-2-1-5-12-15-11(10-25-12)18-16(24)19-15/h11-12,15H,1-10H2,(H,20,21)(H,22,23)(H2,18,19,24)/t11-,12-,15-/m0/s1. The van der Waals surface area contributed by atoms with Gasteiger partial charge in [0.05, 0.1) is 24.0 Å². The minimum Gasteiger partial charge on any atom is -0.481 e. The molecule has 0 aromatic carbocycles. The van der Waals surface area contributed by atoms with Crippen molar-refractivity contribution in [2.24, 2.45) is 0 Å². The van der Waals surface area contributed by atoms with Crippen LogP contribution in [0, 0.1) is 0 Å². The van der Waals surface area contributed by atoms with Crippen molar-refractivity contribution in [2.45, 2.75) is 80.7 Å². The summed E-state index contributed by atoms with van der Waals surface area (Å²) >= 11 is 1.88. The van der Waals surface area contributed by atoms with E-state index in [1.807, 2.05) is 11.8 Å². The van der Waals surface area contributed by atoms with E-state index in [2.05, 4.69) is 16.0 Å². The summed E-state index contributed by atoms with van der Waals surface area (Å²) in [6, 6.07) is 0.382. The van der Waals surface area contributed by atoms with Gasteiger partial charge < -0.3 is 21.1 Å². The zero-order chi connectivity index (χ0) is 17.9. The SMILES string of the molecule is O=C(O)CC1(NC(=O)CCCC[C@@H]2SC[C@@H]3NC(=O)N[C@@H]32)CCCC1. The summed E-state index contributed by atoms with van der Waals surface area (Å²) in [4.78, 5) is 34.7. The Kier molecular flexibility index (Phi) is 5.76. The number of thioether (sulfide) groups is 1. The maximum absolute atomic E-state index is 12.2. The molecule has 2 saturated heterocycles. The second-order valence-corrected chi connectivity index (χ2v) is 8.75. The van der Waals surface area contributed by atoms with Crippen LogP contribution in [0.1, 0.15) is 57.8 Å². The van der Waals surface area contributed by atoms with Crippen molar-refractivity contribution < 1.29 is 19.5 Å². The van der Waals surface area contributed by atoms with E-state index in [0.717, 1.165) is 50.7 Å². The van der Waals surface area contributed by atoms with Crippen LogP contribution in [-0.2, 0) is 9.59 Å². The number of carboxylic acid groups (broad SMARTS) is 1. The summed E-state index contributed by atoms with van der Waals surface area (Å²) in [5.41, 5.74) is -0.531. The van der Waals surface area contributed by atoms with Crippen molar-refractivity contribution in [3.05, 3.63) is 0 Å². The predicted octanol–water partition coefficient (Wildman–Crippen LogP) is 1.62. The summed E-state index contributed by atoms with van der Waals surface area (Å²) in [5, 5.41) is 18.4. The molecule has 3 rings (SSSR count). The first-order chi connectivity index (χ1) is 12.0. The number of urea groups is 1. The highest BCUT2D eigenvalue weighted by atomic mass is 32.2. The molecule has 3 amide bonds. The molecule has 0 bridgehead atoms. The van der Waals surface area contributed by atoms with Gasteiger partial charge in [-0.25, -0.2) is 4.79 Å². The number of rotatable bonds is 8. The lowest BCUT2D eigenvalue weighted by molar-refractivity contribution is -0.139. The monoisotopic (exact) mass is 369 g/mol. The van der Waals surface area contributed by atoms with E-state index in [0.29, 0.717) is 11.7 Å². The summed E-state index contributed by atoms with van der Waals surface area (Å²) in [5.74, 6) is 0.0740. The number of unbranched alkanes of at least 4 members (excludes halogenated alkanes) is 1. The fraction of sp³-hybridized carbons (Fsp3) is 0.824. The third-order valence-electron chi connectivity index (χ3n) is 5.54. The van der Waals surface area contributed by atoms with Gasteiger partial charge in [-0.1, -0.05) is 19.3 Å². The maximum atomic E-state index is 12.2. The number of carbonyl (C=O) groups excluding carboxylic acids is 2. The fourth-order valence-electron chi connectivity index (χ4n) is 4.32. The van der Waals surface area contributed by atoms with Crippen LogP contribution in [0.2, 0.25) is 0 Å². The zero-order valence-electron chi connectivity index (χ0n) is 14.4. The van der Waals surface area contributed by atoms with E-state index in [1.165, 1.54) is 0 Å². The van der Waals surface area contributed by atoms with Gasteiger partial charge in [0.25, 0.3) is 0 Å². The van der Waals surface area contributed by atoms with E-state index in [4.69, 9.17) is 5.11 Å². The van der Waals surface area contributed by atoms with Gasteiger partial charge in [0.1, 0.15) is 0 Å². The van der Waals surface area contributed by atoms with Crippen molar-refractivity contribution >= 4 is 29.7 Å². The normalized spacial score (nSPS) is 29.8. The minimum absolute atomic E-state index is 0.0211. The molecule has 140 valence electrons. The Morgan fingerprint density at radius 1 is 1.24 bits per heavy atom. The number of hydrogen-bond acceptors (Lipinski definition) is 4. The number of nitrogens with one attached hydrogen (secondary N) is 3. The Morgan fingerprint density at radius 2 is 2.00 bits per heavy atom. The molecule has 0 spiro atoms. The Morgan fingerprint density at radius 3 is 2.72 bits per heavy atom. The van der Waals surface area contributed by atoms with Gasteiger partial charge in [-0.2, -0.15) is 11.8 Å². The minimum atomic E-state index is -0.845. The average Bonchev–Trinajstić information content (AvgIpc) is 3.20. The molecule has 0 aromatic heterocycles. The quantitative estimate of drug-likeness (QED) is 0.384. The zero-order valence-corrected chi connectivity index (χ0v) is 15.2. The lowest BCUT2D eigenvalue weighted by Crippen LogP contribution is -2.47. The molecule has 2 aliphatic heterocycles. The fourth-order valence-corrected chi connectivity index (χ4v) is 5.86. The molecule has 4 N–H and O–H groups in total. The number of amides is 3. The summed E-state index contributed by atoms with van der Waals surface area (Å²) < 4.78 is 0. The van der Waals surface area contributed by atoms with E-state index in [9.17, 15) is 14.4 Å². The Hall–Kier alpha value is -1.44.